The minimum absolute atomic E-state index is 0. The first-order valence-electron chi connectivity index (χ1n) is 9.53. The minimum Gasteiger partial charge on any atom is -0.490 e. The van der Waals surface area contributed by atoms with Gasteiger partial charge in [-0.3, -0.25) is 9.98 Å². The van der Waals surface area contributed by atoms with E-state index in [1.807, 2.05) is 30.5 Å². The van der Waals surface area contributed by atoms with Crippen LogP contribution in [0.25, 0.3) is 10.9 Å². The van der Waals surface area contributed by atoms with Crippen LogP contribution in [0.1, 0.15) is 12.0 Å². The van der Waals surface area contributed by atoms with E-state index in [1.54, 1.807) is 7.05 Å². The molecule has 0 aliphatic carbocycles. The molecular formula is C22H25IN4O2. The smallest absolute Gasteiger partial charge is 0.195 e. The highest BCUT2D eigenvalue weighted by atomic mass is 127. The van der Waals surface area contributed by atoms with Gasteiger partial charge in [-0.05, 0) is 30.2 Å². The molecule has 0 amide bonds. The van der Waals surface area contributed by atoms with Crippen molar-refractivity contribution in [3.8, 4) is 11.5 Å². The normalized spacial score (nSPS) is 13.3. The molecule has 0 spiro atoms. The summed E-state index contributed by atoms with van der Waals surface area (Å²) in [6.45, 7) is 2.11. The van der Waals surface area contributed by atoms with Gasteiger partial charge in [-0.15, -0.1) is 24.0 Å². The molecule has 1 aromatic heterocycles. The molecule has 2 N–H and O–H groups in total. The number of hydrogen-bond donors (Lipinski definition) is 2. The number of ether oxygens (including phenoxy) is 2. The van der Waals surface area contributed by atoms with Crippen molar-refractivity contribution in [2.24, 2.45) is 4.99 Å². The standard InChI is InChI=1S/C22H24N4O2.HI/c1-23-22(26-18-8-9-19-20(15-18)28-14-4-13-27-19)25-12-10-17-6-2-5-16-7-3-11-24-21(16)17;/h2-3,5-9,11,15H,4,10,12-14H2,1H3,(H2,23,25,26);1H. The highest BCUT2D eigenvalue weighted by molar-refractivity contribution is 14.0. The predicted octanol–water partition coefficient (Wildman–Crippen LogP) is 4.24. The third-order valence-corrected chi connectivity index (χ3v) is 4.64. The van der Waals surface area contributed by atoms with Gasteiger partial charge in [0.05, 0.1) is 18.7 Å². The van der Waals surface area contributed by atoms with Crippen molar-refractivity contribution in [3.05, 3.63) is 60.3 Å². The Hall–Kier alpha value is -2.55. The number of aliphatic imine (C=N–C) groups is 1. The first kappa shape index (κ1) is 21.2. The fourth-order valence-electron chi connectivity index (χ4n) is 3.24. The van der Waals surface area contributed by atoms with Crippen LogP contribution in [0, 0.1) is 0 Å². The van der Waals surface area contributed by atoms with Crippen molar-refractivity contribution in [1.29, 1.82) is 0 Å². The molecule has 1 aliphatic heterocycles. The van der Waals surface area contributed by atoms with Crippen LogP contribution in [-0.2, 0) is 6.42 Å². The fraction of sp³-hybridized carbons (Fsp3) is 0.273. The summed E-state index contributed by atoms with van der Waals surface area (Å²) in [6, 6.07) is 16.2. The SMILES string of the molecule is CN=C(NCCc1cccc2cccnc12)Nc1ccc2c(c1)OCCCO2.I. The largest absolute Gasteiger partial charge is 0.490 e. The molecule has 0 saturated heterocycles. The molecule has 4 rings (SSSR count). The molecule has 0 atom stereocenters. The van der Waals surface area contributed by atoms with Crippen molar-refractivity contribution in [1.82, 2.24) is 10.3 Å². The zero-order valence-electron chi connectivity index (χ0n) is 16.4. The van der Waals surface area contributed by atoms with Gasteiger partial charge in [0.1, 0.15) is 0 Å². The van der Waals surface area contributed by atoms with Crippen LogP contribution >= 0.6 is 24.0 Å². The maximum absolute atomic E-state index is 5.75. The molecule has 1 aliphatic rings. The van der Waals surface area contributed by atoms with E-state index in [0.29, 0.717) is 19.2 Å². The number of anilines is 1. The Morgan fingerprint density at radius 3 is 2.76 bits per heavy atom. The Balaban J connectivity index is 0.00000240. The van der Waals surface area contributed by atoms with E-state index < -0.39 is 0 Å². The van der Waals surface area contributed by atoms with Crippen LogP contribution in [0.4, 0.5) is 5.69 Å². The number of benzene rings is 2. The number of para-hydroxylation sites is 1. The number of pyridine rings is 1. The van der Waals surface area contributed by atoms with Crippen molar-refractivity contribution in [2.45, 2.75) is 12.8 Å². The second-order valence-corrected chi connectivity index (χ2v) is 6.58. The first-order chi connectivity index (χ1) is 13.8. The molecular weight excluding hydrogens is 479 g/mol. The molecule has 3 aromatic rings. The van der Waals surface area contributed by atoms with E-state index in [9.17, 15) is 0 Å². The van der Waals surface area contributed by atoms with Gasteiger partial charge in [0.2, 0.25) is 0 Å². The van der Waals surface area contributed by atoms with Gasteiger partial charge >= 0.3 is 0 Å². The summed E-state index contributed by atoms with van der Waals surface area (Å²) >= 11 is 0. The van der Waals surface area contributed by atoms with E-state index in [4.69, 9.17) is 9.47 Å². The molecule has 0 saturated carbocycles. The summed E-state index contributed by atoms with van der Waals surface area (Å²) in [6.07, 6.45) is 3.59. The van der Waals surface area contributed by atoms with Crippen LogP contribution in [0.2, 0.25) is 0 Å². The lowest BCUT2D eigenvalue weighted by Crippen LogP contribution is -2.32. The van der Waals surface area contributed by atoms with Gasteiger partial charge in [0.25, 0.3) is 0 Å². The number of hydrogen-bond acceptors (Lipinski definition) is 4. The van der Waals surface area contributed by atoms with E-state index in [0.717, 1.165) is 47.5 Å². The van der Waals surface area contributed by atoms with Gasteiger partial charge in [0.15, 0.2) is 17.5 Å². The van der Waals surface area contributed by atoms with Crippen molar-refractivity contribution in [3.63, 3.8) is 0 Å². The molecule has 2 heterocycles. The molecule has 0 bridgehead atoms. The Kier molecular flexibility index (Phi) is 7.51. The average Bonchev–Trinajstić information content (AvgIpc) is 2.98. The summed E-state index contributed by atoms with van der Waals surface area (Å²) in [5.74, 6) is 2.26. The Morgan fingerprint density at radius 2 is 1.90 bits per heavy atom. The molecule has 7 heteroatoms. The van der Waals surface area contributed by atoms with E-state index in [-0.39, 0.29) is 24.0 Å². The Labute approximate surface area is 187 Å². The summed E-state index contributed by atoms with van der Waals surface area (Å²) in [5, 5.41) is 7.83. The van der Waals surface area contributed by atoms with Crippen molar-refractivity contribution in [2.75, 3.05) is 32.1 Å². The highest BCUT2D eigenvalue weighted by Crippen LogP contribution is 2.32. The topological polar surface area (TPSA) is 67.8 Å². The zero-order valence-corrected chi connectivity index (χ0v) is 18.7. The number of nitrogens with zero attached hydrogens (tertiary/aromatic N) is 2. The van der Waals surface area contributed by atoms with E-state index in [2.05, 4.69) is 44.9 Å². The Bertz CT molecular complexity index is 988. The minimum atomic E-state index is 0. The lowest BCUT2D eigenvalue weighted by molar-refractivity contribution is 0.297. The zero-order chi connectivity index (χ0) is 19.2. The lowest BCUT2D eigenvalue weighted by Gasteiger charge is -2.14. The molecule has 0 radical (unpaired) electrons. The molecule has 6 nitrogen and oxygen atoms in total. The summed E-state index contributed by atoms with van der Waals surface area (Å²) < 4.78 is 11.4. The van der Waals surface area contributed by atoms with Gasteiger partial charge in [-0.25, -0.2) is 0 Å². The van der Waals surface area contributed by atoms with Crippen molar-refractivity contribution >= 4 is 46.5 Å². The van der Waals surface area contributed by atoms with E-state index in [1.165, 1.54) is 5.56 Å². The van der Waals surface area contributed by atoms with Crippen LogP contribution < -0.4 is 20.1 Å². The number of nitrogens with one attached hydrogen (secondary N) is 2. The summed E-state index contributed by atoms with van der Waals surface area (Å²) in [7, 11) is 1.76. The number of guanidine groups is 1. The summed E-state index contributed by atoms with van der Waals surface area (Å²) in [4.78, 5) is 8.83. The van der Waals surface area contributed by atoms with E-state index >= 15 is 0 Å². The molecule has 2 aromatic carbocycles. The quantitative estimate of drug-likeness (QED) is 0.316. The average molecular weight is 504 g/mol. The fourth-order valence-corrected chi connectivity index (χ4v) is 3.24. The van der Waals surface area contributed by atoms with Crippen LogP contribution in [-0.4, -0.2) is 37.7 Å². The third-order valence-electron chi connectivity index (χ3n) is 4.64. The van der Waals surface area contributed by atoms with Crippen LogP contribution in [0.15, 0.2) is 59.7 Å². The first-order valence-corrected chi connectivity index (χ1v) is 9.53. The predicted molar refractivity (Wildman–Crippen MR) is 128 cm³/mol. The van der Waals surface area contributed by atoms with Crippen LogP contribution in [0.3, 0.4) is 0 Å². The number of aromatic nitrogens is 1. The highest BCUT2D eigenvalue weighted by Gasteiger charge is 2.11. The third kappa shape index (κ3) is 5.29. The van der Waals surface area contributed by atoms with Crippen molar-refractivity contribution < 1.29 is 9.47 Å². The maximum atomic E-state index is 5.75. The molecule has 29 heavy (non-hydrogen) atoms. The second kappa shape index (κ2) is 10.3. The number of halogens is 1. The number of fused-ring (bicyclic) bond motifs is 2. The lowest BCUT2D eigenvalue weighted by atomic mass is 10.1. The summed E-state index contributed by atoms with van der Waals surface area (Å²) in [5.41, 5.74) is 3.18. The molecule has 152 valence electrons. The van der Waals surface area contributed by atoms with Crippen LogP contribution in [0.5, 0.6) is 11.5 Å². The van der Waals surface area contributed by atoms with Gasteiger partial charge in [-0.1, -0.05) is 24.3 Å². The second-order valence-electron chi connectivity index (χ2n) is 6.58. The Morgan fingerprint density at radius 1 is 1.07 bits per heavy atom. The molecule has 0 unspecified atom stereocenters. The number of rotatable bonds is 4. The van der Waals surface area contributed by atoms with Gasteiger partial charge in [-0.2, -0.15) is 0 Å². The molecule has 0 fully saturated rings. The van der Waals surface area contributed by atoms with Gasteiger partial charge in [0, 0.05) is 43.4 Å². The van der Waals surface area contributed by atoms with Gasteiger partial charge < -0.3 is 20.1 Å². The maximum Gasteiger partial charge on any atom is 0.195 e. The monoisotopic (exact) mass is 504 g/mol.